The van der Waals surface area contributed by atoms with Crippen LogP contribution < -0.4 is 5.32 Å². The number of hydrogen-bond acceptors (Lipinski definition) is 4. The molecule has 1 aliphatic carbocycles. The molecule has 21 heavy (non-hydrogen) atoms. The van der Waals surface area contributed by atoms with E-state index in [4.69, 9.17) is 5.11 Å². The number of carboxylic acid groups (broad SMARTS) is 1. The van der Waals surface area contributed by atoms with Crippen LogP contribution in [0.1, 0.15) is 25.0 Å². The van der Waals surface area contributed by atoms with E-state index < -0.39 is 6.09 Å². The van der Waals surface area contributed by atoms with Gasteiger partial charge in [0.25, 0.3) is 0 Å². The first-order valence-electron chi connectivity index (χ1n) is 7.09. The van der Waals surface area contributed by atoms with Crippen LogP contribution in [0.5, 0.6) is 0 Å². The highest BCUT2D eigenvalue weighted by Gasteiger charge is 2.58. The zero-order valence-electron chi connectivity index (χ0n) is 11.9. The molecular formula is C14H18N4O3. The summed E-state index contributed by atoms with van der Waals surface area (Å²) < 4.78 is 0. The number of likely N-dealkylation sites (tertiary alicyclic amines) is 1. The summed E-state index contributed by atoms with van der Waals surface area (Å²) in [7, 11) is 0. The summed E-state index contributed by atoms with van der Waals surface area (Å²) in [5.74, 6) is 0.407. The van der Waals surface area contributed by atoms with Crippen LogP contribution in [0.3, 0.4) is 0 Å². The van der Waals surface area contributed by atoms with E-state index in [1.54, 1.807) is 12.1 Å². The molecule has 1 aromatic rings. The normalized spacial score (nSPS) is 22.9. The van der Waals surface area contributed by atoms with Crippen molar-refractivity contribution >= 4 is 17.8 Å². The fraction of sp³-hybridized carbons (Fsp3) is 0.571. The first-order chi connectivity index (χ1) is 10.00. The number of hydrogen-bond donors (Lipinski definition) is 2. The molecule has 3 rings (SSSR count). The largest absolute Gasteiger partial charge is 0.465 e. The quantitative estimate of drug-likeness (QED) is 0.860. The lowest BCUT2D eigenvalue weighted by atomic mass is 9.91. The Kier molecular flexibility index (Phi) is 3.27. The molecule has 7 nitrogen and oxygen atoms in total. The molecule has 2 heterocycles. The first kappa shape index (κ1) is 13.8. The van der Waals surface area contributed by atoms with E-state index >= 15 is 0 Å². The first-order valence-corrected chi connectivity index (χ1v) is 7.09. The molecule has 1 unspecified atom stereocenters. The van der Waals surface area contributed by atoms with E-state index in [9.17, 15) is 9.59 Å². The van der Waals surface area contributed by atoms with E-state index in [1.165, 1.54) is 4.90 Å². The molecule has 2 fully saturated rings. The predicted octanol–water partition coefficient (Wildman–Crippen LogP) is 1.50. The summed E-state index contributed by atoms with van der Waals surface area (Å²) in [4.78, 5) is 24.6. The Balaban J connectivity index is 1.56. The van der Waals surface area contributed by atoms with Crippen molar-refractivity contribution < 1.29 is 14.7 Å². The van der Waals surface area contributed by atoms with E-state index in [0.29, 0.717) is 18.9 Å². The van der Waals surface area contributed by atoms with Gasteiger partial charge in [-0.15, -0.1) is 5.10 Å². The number of nitrogens with one attached hydrogen (secondary N) is 1. The standard InChI is InChI=1S/C14H18N4O3/c1-9-2-3-11(17-16-9)15-12(19)10-8-14(10)4-6-18(7-5-14)13(20)21/h2-3,10H,4-8H2,1H3,(H,20,21)(H,15,17,19). The molecule has 0 aromatic carbocycles. The van der Waals surface area contributed by atoms with Gasteiger partial charge in [-0.05, 0) is 43.7 Å². The number of nitrogens with zero attached hydrogens (tertiary/aromatic N) is 3. The van der Waals surface area contributed by atoms with Crippen LogP contribution >= 0.6 is 0 Å². The minimum Gasteiger partial charge on any atom is -0.465 e. The number of piperidine rings is 1. The average molecular weight is 290 g/mol. The third-order valence-corrected chi connectivity index (χ3v) is 4.59. The second kappa shape index (κ2) is 4.98. The Morgan fingerprint density at radius 3 is 2.62 bits per heavy atom. The third kappa shape index (κ3) is 2.68. The van der Waals surface area contributed by atoms with Gasteiger partial charge in [0.15, 0.2) is 5.82 Å². The second-order valence-corrected chi connectivity index (χ2v) is 5.94. The molecule has 1 saturated carbocycles. The molecule has 2 amide bonds. The van der Waals surface area contributed by atoms with Gasteiger partial charge in [-0.2, -0.15) is 5.10 Å². The van der Waals surface area contributed by atoms with Gasteiger partial charge in [0.05, 0.1) is 5.69 Å². The molecule has 0 radical (unpaired) electrons. The fourth-order valence-electron chi connectivity index (χ4n) is 3.09. The van der Waals surface area contributed by atoms with Crippen molar-refractivity contribution in [2.75, 3.05) is 18.4 Å². The van der Waals surface area contributed by atoms with Crippen LogP contribution in [-0.2, 0) is 4.79 Å². The fourth-order valence-corrected chi connectivity index (χ4v) is 3.09. The molecule has 1 aromatic heterocycles. The predicted molar refractivity (Wildman–Crippen MR) is 74.8 cm³/mol. The second-order valence-electron chi connectivity index (χ2n) is 5.94. The van der Waals surface area contributed by atoms with Gasteiger partial charge in [0.1, 0.15) is 0 Å². The van der Waals surface area contributed by atoms with Gasteiger partial charge in [-0.3, -0.25) is 4.79 Å². The highest BCUT2D eigenvalue weighted by atomic mass is 16.4. The van der Waals surface area contributed by atoms with Crippen LogP contribution in [0.2, 0.25) is 0 Å². The number of aryl methyl sites for hydroxylation is 1. The van der Waals surface area contributed by atoms with Crippen LogP contribution in [0, 0.1) is 18.3 Å². The Morgan fingerprint density at radius 1 is 1.33 bits per heavy atom. The Hall–Kier alpha value is -2.18. The molecule has 1 aliphatic heterocycles. The number of anilines is 1. The Labute approximate surface area is 122 Å². The van der Waals surface area contributed by atoms with Gasteiger partial charge in [-0.1, -0.05) is 0 Å². The Morgan fingerprint density at radius 2 is 2.05 bits per heavy atom. The van der Waals surface area contributed by atoms with Crippen molar-refractivity contribution in [3.8, 4) is 0 Å². The molecular weight excluding hydrogens is 272 g/mol. The summed E-state index contributed by atoms with van der Waals surface area (Å²) in [6, 6.07) is 3.54. The van der Waals surface area contributed by atoms with Crippen LogP contribution in [0.4, 0.5) is 10.6 Å². The number of carbonyl (C=O) groups excluding carboxylic acids is 1. The molecule has 2 aliphatic rings. The van der Waals surface area contributed by atoms with Gasteiger partial charge in [0.2, 0.25) is 5.91 Å². The maximum absolute atomic E-state index is 12.2. The highest BCUT2D eigenvalue weighted by molar-refractivity contribution is 5.94. The molecule has 2 N–H and O–H groups in total. The van der Waals surface area contributed by atoms with Crippen molar-refractivity contribution in [2.45, 2.75) is 26.2 Å². The number of rotatable bonds is 2. The molecule has 0 bridgehead atoms. The van der Waals surface area contributed by atoms with Crippen LogP contribution in [-0.4, -0.2) is 45.3 Å². The van der Waals surface area contributed by atoms with E-state index in [2.05, 4.69) is 15.5 Å². The molecule has 112 valence electrons. The number of aromatic nitrogens is 2. The lowest BCUT2D eigenvalue weighted by Crippen LogP contribution is -2.39. The molecule has 1 atom stereocenters. The van der Waals surface area contributed by atoms with Crippen molar-refractivity contribution in [1.29, 1.82) is 0 Å². The summed E-state index contributed by atoms with van der Waals surface area (Å²) in [5.41, 5.74) is 0.797. The van der Waals surface area contributed by atoms with E-state index in [1.807, 2.05) is 6.92 Å². The summed E-state index contributed by atoms with van der Waals surface area (Å²) in [5, 5.41) is 19.6. The van der Waals surface area contributed by atoms with Gasteiger partial charge in [-0.25, -0.2) is 4.79 Å². The third-order valence-electron chi connectivity index (χ3n) is 4.59. The molecule has 1 spiro atoms. The minimum atomic E-state index is -0.874. The lowest BCUT2D eigenvalue weighted by Gasteiger charge is -2.30. The van der Waals surface area contributed by atoms with E-state index in [0.717, 1.165) is 25.0 Å². The summed E-state index contributed by atoms with van der Waals surface area (Å²) in [6.07, 6.45) is 1.49. The van der Waals surface area contributed by atoms with Crippen LogP contribution in [0.25, 0.3) is 0 Å². The van der Waals surface area contributed by atoms with Crippen LogP contribution in [0.15, 0.2) is 12.1 Å². The lowest BCUT2D eigenvalue weighted by molar-refractivity contribution is -0.118. The van der Waals surface area contributed by atoms with Crippen molar-refractivity contribution in [3.05, 3.63) is 17.8 Å². The van der Waals surface area contributed by atoms with Gasteiger partial charge < -0.3 is 15.3 Å². The zero-order valence-corrected chi connectivity index (χ0v) is 11.9. The maximum atomic E-state index is 12.2. The molecule has 7 heteroatoms. The minimum absolute atomic E-state index is 0.00579. The van der Waals surface area contributed by atoms with Gasteiger partial charge >= 0.3 is 6.09 Å². The summed E-state index contributed by atoms with van der Waals surface area (Å²) >= 11 is 0. The van der Waals surface area contributed by atoms with Gasteiger partial charge in [0, 0.05) is 19.0 Å². The van der Waals surface area contributed by atoms with E-state index in [-0.39, 0.29) is 17.2 Å². The van der Waals surface area contributed by atoms with Crippen molar-refractivity contribution in [3.63, 3.8) is 0 Å². The topological polar surface area (TPSA) is 95.4 Å². The Bertz CT molecular complexity index is 564. The van der Waals surface area contributed by atoms with Crippen molar-refractivity contribution in [2.24, 2.45) is 11.3 Å². The molecule has 1 saturated heterocycles. The zero-order chi connectivity index (χ0) is 15.0. The maximum Gasteiger partial charge on any atom is 0.407 e. The summed E-state index contributed by atoms with van der Waals surface area (Å²) in [6.45, 7) is 2.87. The number of amides is 2. The average Bonchev–Trinajstić information content (AvgIpc) is 3.16. The SMILES string of the molecule is Cc1ccc(NC(=O)C2CC23CCN(C(=O)O)CC3)nn1. The van der Waals surface area contributed by atoms with Crippen molar-refractivity contribution in [1.82, 2.24) is 15.1 Å². The number of carbonyl (C=O) groups is 2. The highest BCUT2D eigenvalue weighted by Crippen LogP contribution is 2.59. The smallest absolute Gasteiger partial charge is 0.407 e. The monoisotopic (exact) mass is 290 g/mol.